The highest BCUT2D eigenvalue weighted by atomic mass is 32.2. The number of pyridine rings is 1. The van der Waals surface area contributed by atoms with Crippen molar-refractivity contribution in [1.82, 2.24) is 0 Å². The minimum atomic E-state index is -4.21. The normalized spacial score (nSPS) is 12.1. The summed E-state index contributed by atoms with van der Waals surface area (Å²) in [6.45, 7) is 2.53. The van der Waals surface area contributed by atoms with Gasteiger partial charge in [0, 0.05) is 35.8 Å². The van der Waals surface area contributed by atoms with E-state index in [4.69, 9.17) is 0 Å². The second-order valence-electron chi connectivity index (χ2n) is 6.28. The summed E-state index contributed by atoms with van der Waals surface area (Å²) in [6, 6.07) is 20.1. The summed E-state index contributed by atoms with van der Waals surface area (Å²) < 4.78 is 34.9. The fourth-order valence-electron chi connectivity index (χ4n) is 3.09. The zero-order valence-corrected chi connectivity index (χ0v) is 15.4. The summed E-state index contributed by atoms with van der Waals surface area (Å²) in [7, 11) is -4.21. The summed E-state index contributed by atoms with van der Waals surface area (Å²) in [5.74, 6) is -0.357. The van der Waals surface area contributed by atoms with Gasteiger partial charge in [0.05, 0.1) is 10.1 Å². The molecule has 0 bridgehead atoms. The Kier molecular flexibility index (Phi) is 5.49. The van der Waals surface area contributed by atoms with Crippen LogP contribution >= 0.6 is 0 Å². The lowest BCUT2D eigenvalue weighted by molar-refractivity contribution is -0.673. The lowest BCUT2D eigenvalue weighted by Crippen LogP contribution is -2.39. The van der Waals surface area contributed by atoms with E-state index < -0.39 is 10.1 Å². The predicted octanol–water partition coefficient (Wildman–Crippen LogP) is 3.54. The Balaban J connectivity index is 2.02. The largest absolute Gasteiger partial charge is 0.748 e. The third-order valence-electron chi connectivity index (χ3n) is 4.32. The average Bonchev–Trinajstić information content (AvgIpc) is 2.62. The third-order valence-corrected chi connectivity index (χ3v) is 5.11. The number of rotatable bonds is 6. The highest BCUT2D eigenvalue weighted by Crippen LogP contribution is 2.18. The maximum atomic E-state index is 11.0. The fraction of sp³-hybridized carbons (Fsp3) is 0.190. The summed E-state index contributed by atoms with van der Waals surface area (Å²) in [5, 5.41) is 1.12. The van der Waals surface area contributed by atoms with Crippen LogP contribution in [0, 0.1) is 6.92 Å². The highest BCUT2D eigenvalue weighted by molar-refractivity contribution is 7.85. The van der Waals surface area contributed by atoms with Crippen LogP contribution < -0.4 is 4.57 Å². The topological polar surface area (TPSA) is 61.1 Å². The van der Waals surface area contributed by atoms with Crippen LogP contribution in [0.25, 0.3) is 23.1 Å². The van der Waals surface area contributed by atoms with Crippen molar-refractivity contribution in [3.8, 4) is 0 Å². The van der Waals surface area contributed by atoms with Crippen LogP contribution in [0.5, 0.6) is 0 Å². The van der Waals surface area contributed by atoms with Gasteiger partial charge in [0.15, 0.2) is 6.54 Å². The molecule has 2 aromatic carbocycles. The highest BCUT2D eigenvalue weighted by Gasteiger charge is 2.16. The fourth-order valence-corrected chi connectivity index (χ4v) is 3.57. The van der Waals surface area contributed by atoms with Gasteiger partial charge < -0.3 is 4.55 Å². The van der Waals surface area contributed by atoms with Gasteiger partial charge in [0.2, 0.25) is 11.2 Å². The Bertz CT molecular complexity index is 1040. The van der Waals surface area contributed by atoms with Crippen molar-refractivity contribution < 1.29 is 17.5 Å². The Morgan fingerprint density at radius 1 is 1.00 bits per heavy atom. The lowest BCUT2D eigenvalue weighted by Gasteiger charge is -2.09. The van der Waals surface area contributed by atoms with Crippen molar-refractivity contribution in [3.63, 3.8) is 0 Å². The van der Waals surface area contributed by atoms with Gasteiger partial charge in [-0.25, -0.2) is 8.42 Å². The van der Waals surface area contributed by atoms with Gasteiger partial charge in [0.25, 0.3) is 0 Å². The molecule has 0 saturated heterocycles. The number of aryl methyl sites for hydroxylation is 2. The van der Waals surface area contributed by atoms with Crippen molar-refractivity contribution in [3.05, 3.63) is 77.5 Å². The molecule has 0 spiro atoms. The number of para-hydroxylation sites is 1. The van der Waals surface area contributed by atoms with E-state index in [1.165, 1.54) is 0 Å². The molecule has 3 rings (SSSR count). The number of aromatic nitrogens is 1. The van der Waals surface area contributed by atoms with Gasteiger partial charge in [-0.2, -0.15) is 4.57 Å². The van der Waals surface area contributed by atoms with Gasteiger partial charge in [-0.15, -0.1) is 0 Å². The Hall–Kier alpha value is -2.50. The molecule has 3 aromatic rings. The third kappa shape index (κ3) is 4.56. The molecule has 4 nitrogen and oxygen atoms in total. The van der Waals surface area contributed by atoms with Crippen LogP contribution in [0.4, 0.5) is 0 Å². The number of hydrogen-bond donors (Lipinski definition) is 0. The first-order valence-corrected chi connectivity index (χ1v) is 10.1. The number of hydrogen-bond acceptors (Lipinski definition) is 3. The molecule has 0 radical (unpaired) electrons. The molecule has 0 aliphatic rings. The molecule has 0 N–H and O–H groups in total. The molecule has 0 unspecified atom stereocenters. The van der Waals surface area contributed by atoms with E-state index in [0.29, 0.717) is 6.54 Å². The summed E-state index contributed by atoms with van der Waals surface area (Å²) in [4.78, 5) is 0. The Morgan fingerprint density at radius 3 is 2.42 bits per heavy atom. The minimum absolute atomic E-state index is 0.287. The monoisotopic (exact) mass is 367 g/mol. The number of benzene rings is 2. The molecule has 1 heterocycles. The SMILES string of the molecule is Cc1cc(C=Cc2ccccc2)[n+](CCCS(=O)(=O)[O-])c2ccccc12. The molecule has 0 aliphatic carbocycles. The molecule has 134 valence electrons. The van der Waals surface area contributed by atoms with Gasteiger partial charge >= 0.3 is 0 Å². The number of fused-ring (bicyclic) bond motifs is 1. The standard InChI is InChI=1S/C21H21NO3S/c1-17-16-19(13-12-18-8-3-2-4-9-18)22(14-7-15-26(23,24)25)21-11-6-5-10-20(17)21/h2-6,8-13,16H,7,14-15H2,1H3. The van der Waals surface area contributed by atoms with E-state index >= 15 is 0 Å². The van der Waals surface area contributed by atoms with Gasteiger partial charge in [-0.1, -0.05) is 42.5 Å². The summed E-state index contributed by atoms with van der Waals surface area (Å²) >= 11 is 0. The second-order valence-corrected chi connectivity index (χ2v) is 7.80. The molecule has 0 aliphatic heterocycles. The first-order valence-electron chi connectivity index (χ1n) is 8.53. The van der Waals surface area contributed by atoms with E-state index in [0.717, 1.165) is 27.7 Å². The molecular weight excluding hydrogens is 346 g/mol. The molecular formula is C21H21NO3S. The molecule has 0 fully saturated rings. The zero-order chi connectivity index (χ0) is 18.6. The van der Waals surface area contributed by atoms with Gasteiger partial charge in [0.1, 0.15) is 0 Å². The molecule has 26 heavy (non-hydrogen) atoms. The van der Waals surface area contributed by atoms with Crippen LogP contribution in [0.1, 0.15) is 23.2 Å². The Labute approximate surface area is 154 Å². The molecule has 1 aromatic heterocycles. The summed E-state index contributed by atoms with van der Waals surface area (Å²) in [6.07, 6.45) is 4.35. The smallest absolute Gasteiger partial charge is 0.213 e. The molecule has 0 amide bonds. The predicted molar refractivity (Wildman–Crippen MR) is 103 cm³/mol. The first kappa shape index (κ1) is 18.3. The minimum Gasteiger partial charge on any atom is -0.748 e. The average molecular weight is 367 g/mol. The van der Waals surface area contributed by atoms with Crippen LogP contribution in [-0.2, 0) is 16.7 Å². The van der Waals surface area contributed by atoms with Crippen molar-refractivity contribution in [1.29, 1.82) is 0 Å². The molecule has 5 heteroatoms. The van der Waals surface area contributed by atoms with Gasteiger partial charge in [-0.05, 0) is 30.2 Å². The van der Waals surface area contributed by atoms with Crippen LogP contribution in [0.15, 0.2) is 60.7 Å². The van der Waals surface area contributed by atoms with E-state index in [1.807, 2.05) is 60.7 Å². The van der Waals surface area contributed by atoms with E-state index in [1.54, 1.807) is 0 Å². The van der Waals surface area contributed by atoms with E-state index in [9.17, 15) is 13.0 Å². The van der Waals surface area contributed by atoms with Crippen molar-refractivity contribution in [2.45, 2.75) is 19.9 Å². The zero-order valence-electron chi connectivity index (χ0n) is 14.6. The maximum absolute atomic E-state index is 11.0. The van der Waals surface area contributed by atoms with E-state index in [2.05, 4.69) is 23.6 Å². The van der Waals surface area contributed by atoms with Crippen molar-refractivity contribution >= 4 is 33.2 Å². The van der Waals surface area contributed by atoms with Crippen molar-refractivity contribution in [2.75, 3.05) is 5.75 Å². The Morgan fingerprint density at radius 2 is 1.69 bits per heavy atom. The maximum Gasteiger partial charge on any atom is 0.213 e. The second kappa shape index (κ2) is 7.81. The molecule has 0 saturated carbocycles. The lowest BCUT2D eigenvalue weighted by atomic mass is 10.1. The first-order chi connectivity index (χ1) is 12.4. The van der Waals surface area contributed by atoms with E-state index in [-0.39, 0.29) is 12.2 Å². The summed E-state index contributed by atoms with van der Waals surface area (Å²) in [5.41, 5.74) is 4.25. The van der Waals surface area contributed by atoms with Gasteiger partial charge in [-0.3, -0.25) is 0 Å². The van der Waals surface area contributed by atoms with Crippen molar-refractivity contribution in [2.24, 2.45) is 0 Å². The van der Waals surface area contributed by atoms with Crippen LogP contribution in [0.3, 0.4) is 0 Å². The quantitative estimate of drug-likeness (QED) is 0.494. The van der Waals surface area contributed by atoms with Crippen LogP contribution in [-0.4, -0.2) is 18.7 Å². The molecule has 0 atom stereocenters. The van der Waals surface area contributed by atoms with Crippen LogP contribution in [0.2, 0.25) is 0 Å². The number of nitrogens with zero attached hydrogens (tertiary/aromatic N) is 1.